The number of rotatable bonds is 3. The Morgan fingerprint density at radius 1 is 1.10 bits per heavy atom. The van der Waals surface area contributed by atoms with E-state index in [0.29, 0.717) is 0 Å². The number of fused-ring (bicyclic) bond motifs is 1. The highest BCUT2D eigenvalue weighted by molar-refractivity contribution is 9.10. The Hall–Kier alpha value is -1.08. The summed E-state index contributed by atoms with van der Waals surface area (Å²) >= 11 is 3.54. The second-order valence-electron chi connectivity index (χ2n) is 5.86. The van der Waals surface area contributed by atoms with E-state index in [1.165, 1.54) is 48.4 Å². The molecule has 1 atom stereocenters. The average Bonchev–Trinajstić information content (AvgIpc) is 2.48. The molecule has 0 saturated heterocycles. The summed E-state index contributed by atoms with van der Waals surface area (Å²) in [5, 5.41) is 2.64. The van der Waals surface area contributed by atoms with Crippen LogP contribution in [0, 0.1) is 5.92 Å². The molecule has 1 aliphatic rings. The number of halogens is 1. The Balaban J connectivity index is 1.86. The van der Waals surface area contributed by atoms with E-state index in [-0.39, 0.29) is 0 Å². The fourth-order valence-electron chi connectivity index (χ4n) is 3.24. The SMILES string of the molecule is CCCC1CC=C(c2ccc3cc(Br)ccc3c2)CC1. The highest BCUT2D eigenvalue weighted by Gasteiger charge is 2.14. The van der Waals surface area contributed by atoms with Crippen LogP contribution in [0.15, 0.2) is 46.9 Å². The molecule has 20 heavy (non-hydrogen) atoms. The third kappa shape index (κ3) is 2.98. The Morgan fingerprint density at radius 2 is 1.90 bits per heavy atom. The lowest BCUT2D eigenvalue weighted by Crippen LogP contribution is -2.04. The lowest BCUT2D eigenvalue weighted by Gasteiger charge is -2.21. The summed E-state index contributed by atoms with van der Waals surface area (Å²) < 4.78 is 1.15. The molecule has 0 aromatic heterocycles. The van der Waals surface area contributed by atoms with Crippen molar-refractivity contribution in [3.63, 3.8) is 0 Å². The largest absolute Gasteiger partial charge is 0.0804 e. The molecule has 0 heterocycles. The quantitative estimate of drug-likeness (QED) is 0.596. The summed E-state index contributed by atoms with van der Waals surface area (Å²) in [7, 11) is 0. The summed E-state index contributed by atoms with van der Waals surface area (Å²) in [4.78, 5) is 0. The molecule has 0 amide bonds. The van der Waals surface area contributed by atoms with Crippen molar-refractivity contribution in [2.24, 2.45) is 5.92 Å². The topological polar surface area (TPSA) is 0 Å². The molecule has 0 saturated carbocycles. The predicted molar refractivity (Wildman–Crippen MR) is 91.9 cm³/mol. The first-order chi connectivity index (χ1) is 9.76. The van der Waals surface area contributed by atoms with Crippen LogP contribution in [-0.2, 0) is 0 Å². The van der Waals surface area contributed by atoms with E-state index in [9.17, 15) is 0 Å². The van der Waals surface area contributed by atoms with Gasteiger partial charge in [0.1, 0.15) is 0 Å². The molecule has 0 N–H and O–H groups in total. The molecule has 1 unspecified atom stereocenters. The third-order valence-corrected chi connectivity index (χ3v) is 4.88. The molecule has 1 heteroatoms. The monoisotopic (exact) mass is 328 g/mol. The van der Waals surface area contributed by atoms with Gasteiger partial charge in [-0.1, -0.05) is 60.0 Å². The van der Waals surface area contributed by atoms with Crippen molar-refractivity contribution >= 4 is 32.3 Å². The fraction of sp³-hybridized carbons (Fsp3) is 0.368. The molecule has 0 aliphatic heterocycles. The highest BCUT2D eigenvalue weighted by Crippen LogP contribution is 2.33. The summed E-state index contributed by atoms with van der Waals surface area (Å²) in [6.45, 7) is 2.29. The van der Waals surface area contributed by atoms with Crippen LogP contribution in [0.25, 0.3) is 16.3 Å². The van der Waals surface area contributed by atoms with Crippen molar-refractivity contribution < 1.29 is 0 Å². The van der Waals surface area contributed by atoms with Crippen molar-refractivity contribution in [2.75, 3.05) is 0 Å². The summed E-state index contributed by atoms with van der Waals surface area (Å²) in [5.74, 6) is 0.917. The van der Waals surface area contributed by atoms with Crippen LogP contribution in [-0.4, -0.2) is 0 Å². The molecule has 0 spiro atoms. The molecule has 3 rings (SSSR count). The second-order valence-corrected chi connectivity index (χ2v) is 6.78. The van der Waals surface area contributed by atoms with Crippen molar-refractivity contribution in [1.82, 2.24) is 0 Å². The van der Waals surface area contributed by atoms with Gasteiger partial charge in [-0.05, 0) is 65.3 Å². The predicted octanol–water partition coefficient (Wildman–Crippen LogP) is 6.59. The van der Waals surface area contributed by atoms with Gasteiger partial charge in [0.25, 0.3) is 0 Å². The first-order valence-electron chi connectivity index (χ1n) is 7.65. The highest BCUT2D eigenvalue weighted by atomic mass is 79.9. The van der Waals surface area contributed by atoms with Crippen LogP contribution in [0.1, 0.15) is 44.6 Å². The fourth-order valence-corrected chi connectivity index (χ4v) is 3.62. The maximum atomic E-state index is 3.54. The van der Waals surface area contributed by atoms with Crippen LogP contribution in [0.4, 0.5) is 0 Å². The minimum Gasteiger partial charge on any atom is -0.0804 e. The van der Waals surface area contributed by atoms with Gasteiger partial charge in [0.05, 0.1) is 0 Å². The van der Waals surface area contributed by atoms with Gasteiger partial charge < -0.3 is 0 Å². The van der Waals surface area contributed by atoms with E-state index < -0.39 is 0 Å². The van der Waals surface area contributed by atoms with Crippen LogP contribution in [0.5, 0.6) is 0 Å². The zero-order chi connectivity index (χ0) is 13.9. The zero-order valence-corrected chi connectivity index (χ0v) is 13.6. The van der Waals surface area contributed by atoms with Gasteiger partial charge in [0, 0.05) is 4.47 Å². The molecule has 0 nitrogen and oxygen atoms in total. The third-order valence-electron chi connectivity index (χ3n) is 4.39. The molecule has 1 aliphatic carbocycles. The molecule has 104 valence electrons. The van der Waals surface area contributed by atoms with E-state index in [2.05, 4.69) is 65.3 Å². The number of allylic oxidation sites excluding steroid dienone is 2. The molecular weight excluding hydrogens is 308 g/mol. The average molecular weight is 329 g/mol. The van der Waals surface area contributed by atoms with E-state index in [1.807, 2.05) is 0 Å². The first kappa shape index (κ1) is 13.9. The summed E-state index contributed by atoms with van der Waals surface area (Å²) in [5.41, 5.74) is 2.96. The van der Waals surface area contributed by atoms with E-state index in [1.54, 1.807) is 5.57 Å². The Kier molecular flexibility index (Phi) is 4.26. The number of hydrogen-bond donors (Lipinski definition) is 0. The lowest BCUT2D eigenvalue weighted by atomic mass is 9.84. The van der Waals surface area contributed by atoms with Crippen LogP contribution in [0.3, 0.4) is 0 Å². The molecule has 0 fully saturated rings. The lowest BCUT2D eigenvalue weighted by molar-refractivity contribution is 0.445. The summed E-state index contributed by atoms with van der Waals surface area (Å²) in [6, 6.07) is 13.4. The van der Waals surface area contributed by atoms with Gasteiger partial charge in [-0.25, -0.2) is 0 Å². The minimum absolute atomic E-state index is 0.917. The van der Waals surface area contributed by atoms with Crippen LogP contribution >= 0.6 is 15.9 Å². The normalized spacial score (nSPS) is 19.1. The van der Waals surface area contributed by atoms with E-state index in [4.69, 9.17) is 0 Å². The van der Waals surface area contributed by atoms with Gasteiger partial charge in [0.2, 0.25) is 0 Å². The molecule has 2 aromatic carbocycles. The number of benzene rings is 2. The second kappa shape index (κ2) is 6.13. The molecule has 2 aromatic rings. The molecular formula is C19H21Br. The van der Waals surface area contributed by atoms with E-state index in [0.717, 1.165) is 10.4 Å². The minimum atomic E-state index is 0.917. The zero-order valence-electron chi connectivity index (χ0n) is 12.0. The Bertz CT molecular complexity index is 639. The van der Waals surface area contributed by atoms with Crippen LogP contribution in [0.2, 0.25) is 0 Å². The standard InChI is InChI=1S/C19H21Br/c1-2-3-14-4-6-15(7-5-14)16-8-9-18-13-19(20)11-10-17(18)12-16/h6,8-14H,2-5,7H2,1H3. The Morgan fingerprint density at radius 3 is 2.65 bits per heavy atom. The Labute approximate surface area is 130 Å². The maximum Gasteiger partial charge on any atom is 0.0181 e. The first-order valence-corrected chi connectivity index (χ1v) is 8.44. The van der Waals surface area contributed by atoms with Crippen molar-refractivity contribution in [3.05, 3.63) is 52.5 Å². The van der Waals surface area contributed by atoms with Crippen LogP contribution < -0.4 is 0 Å². The van der Waals surface area contributed by atoms with Crippen molar-refractivity contribution in [1.29, 1.82) is 0 Å². The smallest absolute Gasteiger partial charge is 0.0181 e. The van der Waals surface area contributed by atoms with E-state index >= 15 is 0 Å². The van der Waals surface area contributed by atoms with Gasteiger partial charge >= 0.3 is 0 Å². The van der Waals surface area contributed by atoms with Crippen molar-refractivity contribution in [3.8, 4) is 0 Å². The van der Waals surface area contributed by atoms with Gasteiger partial charge in [0.15, 0.2) is 0 Å². The van der Waals surface area contributed by atoms with Gasteiger partial charge in [-0.15, -0.1) is 0 Å². The van der Waals surface area contributed by atoms with Gasteiger partial charge in [-0.2, -0.15) is 0 Å². The number of hydrogen-bond acceptors (Lipinski definition) is 0. The van der Waals surface area contributed by atoms with Crippen molar-refractivity contribution in [2.45, 2.75) is 39.0 Å². The molecule has 0 bridgehead atoms. The van der Waals surface area contributed by atoms with Gasteiger partial charge in [-0.3, -0.25) is 0 Å². The molecule has 0 radical (unpaired) electrons. The summed E-state index contributed by atoms with van der Waals surface area (Å²) in [6.07, 6.45) is 9.05. The maximum absolute atomic E-state index is 3.54.